The van der Waals surface area contributed by atoms with Crippen LogP contribution in [0, 0.1) is 26.7 Å². The topological polar surface area (TPSA) is 60.9 Å². The van der Waals surface area contributed by atoms with Gasteiger partial charge in [-0.1, -0.05) is 37.6 Å². The molecule has 1 aromatic heterocycles. The van der Waals surface area contributed by atoms with E-state index in [-0.39, 0.29) is 5.56 Å². The van der Waals surface area contributed by atoms with Crippen molar-refractivity contribution in [2.75, 3.05) is 0 Å². The monoisotopic (exact) mass is 299 g/mol. The summed E-state index contributed by atoms with van der Waals surface area (Å²) in [4.78, 5) is 12.7. The molecule has 0 bridgehead atoms. The molecule has 118 valence electrons. The van der Waals surface area contributed by atoms with Crippen molar-refractivity contribution in [2.24, 2.45) is 11.7 Å². The summed E-state index contributed by atoms with van der Waals surface area (Å²) in [6, 6.07) is 7.52. The smallest absolute Gasteiger partial charge is 0.271 e. The van der Waals surface area contributed by atoms with Crippen LogP contribution in [0.4, 0.5) is 0 Å². The van der Waals surface area contributed by atoms with Crippen molar-refractivity contribution in [3.8, 4) is 0 Å². The van der Waals surface area contributed by atoms with Crippen LogP contribution in [-0.4, -0.2) is 9.78 Å². The van der Waals surface area contributed by atoms with Gasteiger partial charge in [0.2, 0.25) is 0 Å². The van der Waals surface area contributed by atoms with Crippen molar-refractivity contribution in [1.29, 1.82) is 0 Å². The second-order valence-corrected chi connectivity index (χ2v) is 6.46. The third-order valence-electron chi connectivity index (χ3n) is 3.76. The van der Waals surface area contributed by atoms with Gasteiger partial charge in [0.05, 0.1) is 11.7 Å². The van der Waals surface area contributed by atoms with Crippen LogP contribution in [0.3, 0.4) is 0 Å². The molecule has 2 aromatic rings. The average molecular weight is 299 g/mol. The average Bonchev–Trinajstić information content (AvgIpc) is 2.41. The van der Waals surface area contributed by atoms with Crippen molar-refractivity contribution < 1.29 is 0 Å². The fraction of sp³-hybridized carbons (Fsp3) is 0.444. The fourth-order valence-corrected chi connectivity index (χ4v) is 2.74. The molecule has 1 atom stereocenters. The Morgan fingerprint density at radius 1 is 1.14 bits per heavy atom. The number of aromatic nitrogens is 2. The lowest BCUT2D eigenvalue weighted by atomic mass is 9.95. The van der Waals surface area contributed by atoms with Gasteiger partial charge in [-0.3, -0.25) is 4.79 Å². The number of hydrogen-bond acceptors (Lipinski definition) is 3. The minimum Gasteiger partial charge on any atom is -0.320 e. The highest BCUT2D eigenvalue weighted by molar-refractivity contribution is 5.38. The molecule has 0 aliphatic heterocycles. The normalized spacial score (nSPS) is 12.7. The van der Waals surface area contributed by atoms with Crippen LogP contribution >= 0.6 is 0 Å². The predicted octanol–water partition coefficient (Wildman–Crippen LogP) is 2.87. The van der Waals surface area contributed by atoms with Crippen LogP contribution in [0.2, 0.25) is 0 Å². The summed E-state index contributed by atoms with van der Waals surface area (Å²) in [5.41, 5.74) is 11.0. The Bertz CT molecular complexity index is 732. The molecule has 0 saturated heterocycles. The summed E-state index contributed by atoms with van der Waals surface area (Å²) < 4.78 is 1.54. The maximum atomic E-state index is 12.7. The first kappa shape index (κ1) is 16.4. The summed E-state index contributed by atoms with van der Waals surface area (Å²) in [5, 5.41) is 4.33. The Hall–Kier alpha value is -1.94. The van der Waals surface area contributed by atoms with Gasteiger partial charge < -0.3 is 5.73 Å². The van der Waals surface area contributed by atoms with Crippen molar-refractivity contribution in [3.05, 3.63) is 62.6 Å². The fourth-order valence-electron chi connectivity index (χ4n) is 2.74. The van der Waals surface area contributed by atoms with E-state index in [9.17, 15) is 4.79 Å². The van der Waals surface area contributed by atoms with E-state index in [0.717, 1.165) is 16.8 Å². The third kappa shape index (κ3) is 3.45. The molecule has 0 aliphatic carbocycles. The Morgan fingerprint density at radius 2 is 1.82 bits per heavy atom. The lowest BCUT2D eigenvalue weighted by molar-refractivity contribution is 0.456. The summed E-state index contributed by atoms with van der Waals surface area (Å²) >= 11 is 0. The van der Waals surface area contributed by atoms with Crippen molar-refractivity contribution >= 4 is 0 Å². The van der Waals surface area contributed by atoms with Crippen molar-refractivity contribution in [2.45, 2.75) is 47.2 Å². The molecular weight excluding hydrogens is 274 g/mol. The van der Waals surface area contributed by atoms with E-state index in [1.807, 2.05) is 32.0 Å². The second kappa shape index (κ2) is 6.44. The van der Waals surface area contributed by atoms with Gasteiger partial charge in [0.25, 0.3) is 5.56 Å². The standard InChI is InChI=1S/C18H25N3O/c1-11(2)10-21-18(22)16(9-14(5)20-21)17(19)15-7-6-12(3)8-13(15)4/h6-9,11,17H,10,19H2,1-5H3. The molecule has 4 nitrogen and oxygen atoms in total. The van der Waals surface area contributed by atoms with Gasteiger partial charge in [-0.05, 0) is 43.9 Å². The zero-order chi connectivity index (χ0) is 16.4. The molecule has 0 saturated carbocycles. The van der Waals surface area contributed by atoms with E-state index >= 15 is 0 Å². The molecule has 22 heavy (non-hydrogen) atoms. The minimum atomic E-state index is -0.423. The molecule has 0 radical (unpaired) electrons. The molecule has 0 fully saturated rings. The van der Waals surface area contributed by atoms with E-state index in [0.29, 0.717) is 18.0 Å². The first-order valence-corrected chi connectivity index (χ1v) is 7.71. The third-order valence-corrected chi connectivity index (χ3v) is 3.76. The van der Waals surface area contributed by atoms with E-state index in [1.165, 1.54) is 5.56 Å². The quantitative estimate of drug-likeness (QED) is 0.944. The number of aryl methyl sites for hydroxylation is 3. The Morgan fingerprint density at radius 3 is 2.41 bits per heavy atom. The lowest BCUT2D eigenvalue weighted by Gasteiger charge is -2.17. The Kier molecular flexibility index (Phi) is 4.81. The predicted molar refractivity (Wildman–Crippen MR) is 90.0 cm³/mol. The molecule has 4 heteroatoms. The molecule has 0 amide bonds. The zero-order valence-electron chi connectivity index (χ0n) is 14.1. The highest BCUT2D eigenvalue weighted by atomic mass is 16.1. The van der Waals surface area contributed by atoms with Gasteiger partial charge in [-0.25, -0.2) is 4.68 Å². The van der Waals surface area contributed by atoms with Crippen LogP contribution in [0.1, 0.15) is 47.8 Å². The maximum absolute atomic E-state index is 12.7. The second-order valence-electron chi connectivity index (χ2n) is 6.46. The Labute approximate surface area is 132 Å². The summed E-state index contributed by atoms with van der Waals surface area (Å²) in [7, 11) is 0. The molecule has 2 rings (SSSR count). The van der Waals surface area contributed by atoms with Crippen LogP contribution in [0.5, 0.6) is 0 Å². The molecule has 1 heterocycles. The summed E-state index contributed by atoms with van der Waals surface area (Å²) in [5.74, 6) is 0.359. The largest absolute Gasteiger partial charge is 0.320 e. The van der Waals surface area contributed by atoms with Gasteiger partial charge in [-0.2, -0.15) is 5.10 Å². The number of nitrogens with two attached hydrogens (primary N) is 1. The lowest BCUT2D eigenvalue weighted by Crippen LogP contribution is -2.32. The van der Waals surface area contributed by atoms with Crippen LogP contribution in [-0.2, 0) is 6.54 Å². The Balaban J connectivity index is 2.51. The van der Waals surface area contributed by atoms with Crippen molar-refractivity contribution in [3.63, 3.8) is 0 Å². The number of hydrogen-bond donors (Lipinski definition) is 1. The SMILES string of the molecule is Cc1ccc(C(N)c2cc(C)nn(CC(C)C)c2=O)c(C)c1. The van der Waals surface area contributed by atoms with E-state index in [1.54, 1.807) is 4.68 Å². The van der Waals surface area contributed by atoms with Gasteiger partial charge in [0.15, 0.2) is 0 Å². The van der Waals surface area contributed by atoms with Crippen molar-refractivity contribution in [1.82, 2.24) is 9.78 Å². The van der Waals surface area contributed by atoms with E-state index in [2.05, 4.69) is 31.9 Å². The van der Waals surface area contributed by atoms with Gasteiger partial charge in [0.1, 0.15) is 0 Å². The van der Waals surface area contributed by atoms with Crippen LogP contribution in [0.15, 0.2) is 29.1 Å². The number of nitrogens with zero attached hydrogens (tertiary/aromatic N) is 2. The highest BCUT2D eigenvalue weighted by Crippen LogP contribution is 2.21. The van der Waals surface area contributed by atoms with E-state index < -0.39 is 6.04 Å². The first-order valence-electron chi connectivity index (χ1n) is 7.71. The zero-order valence-corrected chi connectivity index (χ0v) is 14.1. The summed E-state index contributed by atoms with van der Waals surface area (Å²) in [6.07, 6.45) is 0. The van der Waals surface area contributed by atoms with E-state index in [4.69, 9.17) is 5.73 Å². The number of rotatable bonds is 4. The van der Waals surface area contributed by atoms with Gasteiger partial charge in [-0.15, -0.1) is 0 Å². The molecule has 1 aromatic carbocycles. The van der Waals surface area contributed by atoms with Gasteiger partial charge in [0, 0.05) is 12.1 Å². The molecule has 1 unspecified atom stereocenters. The maximum Gasteiger partial charge on any atom is 0.271 e. The molecule has 2 N–H and O–H groups in total. The summed E-state index contributed by atoms with van der Waals surface area (Å²) in [6.45, 7) is 10.7. The van der Waals surface area contributed by atoms with Crippen LogP contribution in [0.25, 0.3) is 0 Å². The minimum absolute atomic E-state index is 0.0909. The number of benzene rings is 1. The molecule has 0 spiro atoms. The molecule has 0 aliphatic rings. The first-order chi connectivity index (χ1) is 10.3. The molecular formula is C18H25N3O. The highest BCUT2D eigenvalue weighted by Gasteiger charge is 2.18. The van der Waals surface area contributed by atoms with Crippen LogP contribution < -0.4 is 11.3 Å². The van der Waals surface area contributed by atoms with Gasteiger partial charge >= 0.3 is 0 Å².